The zero-order valence-electron chi connectivity index (χ0n) is 18.5. The number of likely N-dealkylation sites (N-methyl/N-ethyl adjacent to an activating group) is 1. The van der Waals surface area contributed by atoms with Crippen LogP contribution in [0.15, 0.2) is 29.2 Å². The lowest BCUT2D eigenvalue weighted by atomic mass is 9.94. The molecule has 0 aliphatic carbocycles. The molecular formula is C22H36N4O3S. The molecule has 1 N–H and O–H groups in total. The molecule has 8 heteroatoms. The minimum atomic E-state index is -3.59. The molecule has 168 valence electrons. The highest BCUT2D eigenvalue weighted by atomic mass is 32.2. The van der Waals surface area contributed by atoms with Gasteiger partial charge >= 0.3 is 0 Å². The molecule has 1 aromatic rings. The summed E-state index contributed by atoms with van der Waals surface area (Å²) in [5.74, 6) is 0.469. The van der Waals surface area contributed by atoms with Crippen LogP contribution in [0.4, 0.5) is 0 Å². The van der Waals surface area contributed by atoms with Crippen molar-refractivity contribution in [3.8, 4) is 0 Å². The number of rotatable bonds is 7. The van der Waals surface area contributed by atoms with E-state index in [1.54, 1.807) is 22.5 Å². The molecule has 0 radical (unpaired) electrons. The Balaban J connectivity index is 1.54. The maximum atomic E-state index is 13.1. The van der Waals surface area contributed by atoms with Crippen molar-refractivity contribution < 1.29 is 13.2 Å². The topological polar surface area (TPSA) is 73.0 Å². The van der Waals surface area contributed by atoms with Crippen molar-refractivity contribution in [2.75, 3.05) is 59.4 Å². The first-order valence-corrected chi connectivity index (χ1v) is 12.5. The molecule has 2 fully saturated rings. The van der Waals surface area contributed by atoms with Gasteiger partial charge in [0.25, 0.3) is 5.91 Å². The molecule has 0 aromatic heterocycles. The monoisotopic (exact) mass is 436 g/mol. The van der Waals surface area contributed by atoms with Gasteiger partial charge in [0.15, 0.2) is 0 Å². The van der Waals surface area contributed by atoms with Crippen molar-refractivity contribution in [3.63, 3.8) is 0 Å². The number of amides is 1. The van der Waals surface area contributed by atoms with E-state index in [9.17, 15) is 13.2 Å². The second-order valence-electron chi connectivity index (χ2n) is 9.05. The number of hydrogen-bond acceptors (Lipinski definition) is 5. The van der Waals surface area contributed by atoms with Crippen LogP contribution in [-0.2, 0) is 10.0 Å². The smallest absolute Gasteiger partial charge is 0.251 e. The fourth-order valence-corrected chi connectivity index (χ4v) is 6.15. The van der Waals surface area contributed by atoms with Crippen LogP contribution in [0, 0.1) is 11.8 Å². The quantitative estimate of drug-likeness (QED) is 0.659. The van der Waals surface area contributed by atoms with Crippen LogP contribution < -0.4 is 5.32 Å². The second kappa shape index (κ2) is 10.2. The molecule has 2 aliphatic heterocycles. The Morgan fingerprint density at radius 3 is 2.43 bits per heavy atom. The molecule has 0 bridgehead atoms. The second-order valence-corrected chi connectivity index (χ2v) is 11.0. The molecule has 0 saturated carbocycles. The summed E-state index contributed by atoms with van der Waals surface area (Å²) in [6, 6.07) is 6.43. The number of hydrogen-bond donors (Lipinski definition) is 1. The highest BCUT2D eigenvalue weighted by Crippen LogP contribution is 2.27. The SMILES string of the molecule is CC1CC(C)CN(S(=O)(=O)c2cccc(C(=O)NCCCN3CCN(C)CC3)c2)C1. The Morgan fingerprint density at radius 2 is 1.77 bits per heavy atom. The van der Waals surface area contributed by atoms with Crippen molar-refractivity contribution in [2.24, 2.45) is 11.8 Å². The Hall–Kier alpha value is -1.48. The van der Waals surface area contributed by atoms with Gasteiger partial charge in [0, 0.05) is 51.4 Å². The predicted octanol–water partition coefficient (Wildman–Crippen LogP) is 1.72. The molecule has 2 atom stereocenters. The molecule has 0 spiro atoms. The molecule has 2 unspecified atom stereocenters. The molecule has 3 rings (SSSR count). The zero-order valence-corrected chi connectivity index (χ0v) is 19.3. The van der Waals surface area contributed by atoms with E-state index in [1.165, 1.54) is 6.07 Å². The van der Waals surface area contributed by atoms with Crippen molar-refractivity contribution in [1.82, 2.24) is 19.4 Å². The van der Waals surface area contributed by atoms with E-state index in [4.69, 9.17) is 0 Å². The summed E-state index contributed by atoms with van der Waals surface area (Å²) in [5.41, 5.74) is 0.397. The minimum Gasteiger partial charge on any atom is -0.352 e. The lowest BCUT2D eigenvalue weighted by molar-refractivity contribution is 0.0949. The Bertz CT molecular complexity index is 811. The normalized spacial score (nSPS) is 24.6. The third-order valence-corrected chi connectivity index (χ3v) is 7.93. The zero-order chi connectivity index (χ0) is 21.7. The van der Waals surface area contributed by atoms with E-state index in [2.05, 4.69) is 36.0 Å². The number of carbonyl (C=O) groups excluding carboxylic acids is 1. The molecular weight excluding hydrogens is 400 g/mol. The fourth-order valence-electron chi connectivity index (χ4n) is 4.43. The molecule has 1 amide bonds. The van der Waals surface area contributed by atoms with E-state index >= 15 is 0 Å². The molecule has 7 nitrogen and oxygen atoms in total. The van der Waals surface area contributed by atoms with Gasteiger partial charge in [-0.15, -0.1) is 0 Å². The lowest BCUT2D eigenvalue weighted by Crippen LogP contribution is -2.45. The van der Waals surface area contributed by atoms with E-state index in [0.29, 0.717) is 37.0 Å². The van der Waals surface area contributed by atoms with Gasteiger partial charge in [-0.05, 0) is 56.5 Å². The number of piperidine rings is 1. The molecule has 2 saturated heterocycles. The molecule has 2 aliphatic rings. The van der Waals surface area contributed by atoms with Crippen LogP contribution in [0.25, 0.3) is 0 Å². The average Bonchev–Trinajstić information content (AvgIpc) is 2.71. The van der Waals surface area contributed by atoms with E-state index in [0.717, 1.165) is 45.6 Å². The standard InChI is InChI=1S/C22H36N4O3S/c1-18-14-19(2)17-26(16-18)30(28,29)21-7-4-6-20(15-21)22(27)23-8-5-9-25-12-10-24(3)11-13-25/h4,6-7,15,18-19H,5,8-14,16-17H2,1-3H3,(H,23,27). The van der Waals surface area contributed by atoms with Gasteiger partial charge in [-0.1, -0.05) is 19.9 Å². The van der Waals surface area contributed by atoms with Crippen LogP contribution in [0.5, 0.6) is 0 Å². The third-order valence-electron chi connectivity index (χ3n) is 6.10. The van der Waals surface area contributed by atoms with Crippen LogP contribution in [-0.4, -0.2) is 87.8 Å². The van der Waals surface area contributed by atoms with Crippen LogP contribution >= 0.6 is 0 Å². The number of nitrogens with zero attached hydrogens (tertiary/aromatic N) is 3. The average molecular weight is 437 g/mol. The maximum Gasteiger partial charge on any atom is 0.251 e. The number of benzene rings is 1. The Morgan fingerprint density at radius 1 is 1.10 bits per heavy atom. The first kappa shape index (κ1) is 23.2. The van der Waals surface area contributed by atoms with Gasteiger partial charge in [-0.25, -0.2) is 8.42 Å². The summed E-state index contributed by atoms with van der Waals surface area (Å²) in [6.07, 6.45) is 1.93. The van der Waals surface area contributed by atoms with E-state index in [-0.39, 0.29) is 10.8 Å². The predicted molar refractivity (Wildman–Crippen MR) is 119 cm³/mol. The van der Waals surface area contributed by atoms with Crippen LogP contribution in [0.1, 0.15) is 37.0 Å². The van der Waals surface area contributed by atoms with Crippen molar-refractivity contribution in [1.29, 1.82) is 0 Å². The first-order valence-electron chi connectivity index (χ1n) is 11.0. The number of nitrogens with one attached hydrogen (secondary N) is 1. The molecule has 2 heterocycles. The fraction of sp³-hybridized carbons (Fsp3) is 0.682. The van der Waals surface area contributed by atoms with E-state index < -0.39 is 10.0 Å². The van der Waals surface area contributed by atoms with Gasteiger partial charge in [-0.3, -0.25) is 4.79 Å². The Kier molecular flexibility index (Phi) is 7.90. The Labute approximate surface area is 181 Å². The largest absolute Gasteiger partial charge is 0.352 e. The van der Waals surface area contributed by atoms with Crippen molar-refractivity contribution in [2.45, 2.75) is 31.6 Å². The van der Waals surface area contributed by atoms with Gasteiger partial charge < -0.3 is 15.1 Å². The number of carbonyl (C=O) groups is 1. The molecule has 1 aromatic carbocycles. The lowest BCUT2D eigenvalue weighted by Gasteiger charge is -2.34. The number of piperazine rings is 1. The number of sulfonamides is 1. The highest BCUT2D eigenvalue weighted by molar-refractivity contribution is 7.89. The molecule has 30 heavy (non-hydrogen) atoms. The van der Waals surface area contributed by atoms with Gasteiger partial charge in [0.05, 0.1) is 4.90 Å². The maximum absolute atomic E-state index is 13.1. The van der Waals surface area contributed by atoms with Crippen molar-refractivity contribution >= 4 is 15.9 Å². The highest BCUT2D eigenvalue weighted by Gasteiger charge is 2.32. The summed E-state index contributed by atoms with van der Waals surface area (Å²) in [6.45, 7) is 11.1. The van der Waals surface area contributed by atoms with Crippen LogP contribution in [0.2, 0.25) is 0 Å². The van der Waals surface area contributed by atoms with Gasteiger partial charge in [0.2, 0.25) is 10.0 Å². The summed E-state index contributed by atoms with van der Waals surface area (Å²) in [5, 5.41) is 2.94. The van der Waals surface area contributed by atoms with Gasteiger partial charge in [-0.2, -0.15) is 4.31 Å². The summed E-state index contributed by atoms with van der Waals surface area (Å²) in [4.78, 5) is 17.5. The summed E-state index contributed by atoms with van der Waals surface area (Å²) < 4.78 is 27.8. The summed E-state index contributed by atoms with van der Waals surface area (Å²) >= 11 is 0. The third kappa shape index (κ3) is 6.03. The van der Waals surface area contributed by atoms with Gasteiger partial charge in [0.1, 0.15) is 0 Å². The van der Waals surface area contributed by atoms with Crippen LogP contribution in [0.3, 0.4) is 0 Å². The first-order chi connectivity index (χ1) is 14.3. The van der Waals surface area contributed by atoms with E-state index in [1.807, 2.05) is 0 Å². The minimum absolute atomic E-state index is 0.203. The summed E-state index contributed by atoms with van der Waals surface area (Å²) in [7, 11) is -1.45. The van der Waals surface area contributed by atoms with Crippen molar-refractivity contribution in [3.05, 3.63) is 29.8 Å².